The number of carbonyl (C=O) groups excluding carboxylic acids is 1. The molecule has 0 saturated carbocycles. The first-order chi connectivity index (χ1) is 9.19. The number of nitrogens with two attached hydrogens (primary N) is 1. The van der Waals surface area contributed by atoms with Crippen molar-refractivity contribution in [1.29, 1.82) is 0 Å². The summed E-state index contributed by atoms with van der Waals surface area (Å²) in [5.74, 6) is -0.00856. The van der Waals surface area contributed by atoms with Crippen LogP contribution in [0.3, 0.4) is 0 Å². The number of aryl methyl sites for hydroxylation is 1. The average molecular weight is 264 g/mol. The fourth-order valence-corrected chi connectivity index (χ4v) is 1.75. The van der Waals surface area contributed by atoms with Crippen LogP contribution in [0.1, 0.15) is 25.3 Å². The third kappa shape index (κ3) is 5.41. The molecule has 0 bridgehead atoms. The zero-order valence-electron chi connectivity index (χ0n) is 11.9. The highest BCUT2D eigenvalue weighted by Crippen LogP contribution is 2.15. The van der Waals surface area contributed by atoms with E-state index in [1.807, 2.05) is 38.1 Å². The highest BCUT2D eigenvalue weighted by molar-refractivity contribution is 5.94. The molecule has 0 saturated heterocycles. The second-order valence-corrected chi connectivity index (χ2v) is 4.58. The van der Waals surface area contributed by atoms with Crippen molar-refractivity contribution in [3.8, 4) is 0 Å². The van der Waals surface area contributed by atoms with E-state index in [9.17, 15) is 4.79 Å². The predicted octanol–water partition coefficient (Wildman–Crippen LogP) is 2.10. The van der Waals surface area contributed by atoms with Crippen molar-refractivity contribution < 1.29 is 9.53 Å². The summed E-state index contributed by atoms with van der Waals surface area (Å²) in [4.78, 5) is 13.9. The molecule has 1 aromatic carbocycles. The van der Waals surface area contributed by atoms with Gasteiger partial charge in [0.2, 0.25) is 0 Å². The molecule has 2 N–H and O–H groups in total. The Morgan fingerprint density at radius 2 is 2.00 bits per heavy atom. The average Bonchev–Trinajstić information content (AvgIpc) is 2.41. The van der Waals surface area contributed by atoms with Gasteiger partial charge >= 0.3 is 0 Å². The van der Waals surface area contributed by atoms with Gasteiger partial charge in [-0.25, -0.2) is 0 Å². The number of anilines is 1. The molecule has 0 aromatic heterocycles. The Morgan fingerprint density at radius 3 is 2.58 bits per heavy atom. The van der Waals surface area contributed by atoms with E-state index in [2.05, 4.69) is 0 Å². The maximum atomic E-state index is 12.2. The highest BCUT2D eigenvalue weighted by atomic mass is 16.5. The van der Waals surface area contributed by atoms with Gasteiger partial charge in [0.05, 0.1) is 0 Å². The van der Waals surface area contributed by atoms with E-state index in [-0.39, 0.29) is 12.5 Å². The largest absolute Gasteiger partial charge is 0.372 e. The maximum Gasteiger partial charge on any atom is 0.252 e. The van der Waals surface area contributed by atoms with Crippen LogP contribution in [0.5, 0.6) is 0 Å². The van der Waals surface area contributed by atoms with E-state index in [0.29, 0.717) is 19.7 Å². The minimum absolute atomic E-state index is 0.00856. The molecular weight excluding hydrogens is 240 g/mol. The van der Waals surface area contributed by atoms with Crippen molar-refractivity contribution in [2.24, 2.45) is 5.73 Å². The quantitative estimate of drug-likeness (QED) is 0.732. The number of hydrogen-bond donors (Lipinski definition) is 1. The zero-order valence-corrected chi connectivity index (χ0v) is 11.9. The lowest BCUT2D eigenvalue weighted by Crippen LogP contribution is -2.35. The van der Waals surface area contributed by atoms with Crippen LogP contribution in [-0.4, -0.2) is 32.2 Å². The van der Waals surface area contributed by atoms with Crippen molar-refractivity contribution in [1.82, 2.24) is 0 Å². The predicted molar refractivity (Wildman–Crippen MR) is 78.3 cm³/mol. The van der Waals surface area contributed by atoms with Gasteiger partial charge in [-0.3, -0.25) is 4.79 Å². The molecule has 4 nitrogen and oxygen atoms in total. The fourth-order valence-electron chi connectivity index (χ4n) is 1.75. The first kappa shape index (κ1) is 15.7. The summed E-state index contributed by atoms with van der Waals surface area (Å²) >= 11 is 0. The van der Waals surface area contributed by atoms with Crippen molar-refractivity contribution in [2.45, 2.75) is 26.7 Å². The minimum Gasteiger partial charge on any atom is -0.372 e. The molecule has 0 aliphatic carbocycles. The zero-order chi connectivity index (χ0) is 14.1. The van der Waals surface area contributed by atoms with Crippen LogP contribution in [-0.2, 0) is 9.53 Å². The summed E-state index contributed by atoms with van der Waals surface area (Å²) in [7, 11) is 0. The molecule has 0 unspecified atom stereocenters. The second-order valence-electron chi connectivity index (χ2n) is 4.58. The molecule has 0 fully saturated rings. The Kier molecular flexibility index (Phi) is 7.15. The van der Waals surface area contributed by atoms with Gasteiger partial charge in [-0.05, 0) is 38.4 Å². The lowest BCUT2D eigenvalue weighted by atomic mass is 10.2. The third-order valence-electron chi connectivity index (χ3n) is 2.81. The Morgan fingerprint density at radius 1 is 1.32 bits per heavy atom. The Hall–Kier alpha value is -1.39. The molecule has 0 spiro atoms. The topological polar surface area (TPSA) is 55.6 Å². The second kappa shape index (κ2) is 8.67. The van der Waals surface area contributed by atoms with Crippen LogP contribution in [0.25, 0.3) is 0 Å². The van der Waals surface area contributed by atoms with Crippen LogP contribution in [0.15, 0.2) is 24.3 Å². The first-order valence-corrected chi connectivity index (χ1v) is 6.84. The summed E-state index contributed by atoms with van der Waals surface area (Å²) in [6.45, 7) is 6.01. The lowest BCUT2D eigenvalue weighted by molar-refractivity contribution is -0.123. The Labute approximate surface area is 115 Å². The van der Waals surface area contributed by atoms with Gasteiger partial charge < -0.3 is 15.4 Å². The van der Waals surface area contributed by atoms with Crippen LogP contribution in [0.2, 0.25) is 0 Å². The normalized spacial score (nSPS) is 10.5. The monoisotopic (exact) mass is 264 g/mol. The van der Waals surface area contributed by atoms with E-state index >= 15 is 0 Å². The molecule has 1 rings (SSSR count). The molecule has 4 heteroatoms. The summed E-state index contributed by atoms with van der Waals surface area (Å²) in [5, 5.41) is 0. The summed E-state index contributed by atoms with van der Waals surface area (Å²) in [6, 6.07) is 7.93. The van der Waals surface area contributed by atoms with Crippen LogP contribution >= 0.6 is 0 Å². The SMILES string of the molecule is CCCOCC(=O)N(CCCN)c1ccc(C)cc1. The standard InChI is InChI=1S/C15H24N2O2/c1-3-11-19-12-15(18)17(10-4-9-16)14-7-5-13(2)6-8-14/h5-8H,3-4,9-12,16H2,1-2H3. The number of rotatable bonds is 8. The molecule has 0 aliphatic heterocycles. The van der Waals surface area contributed by atoms with Crippen molar-refractivity contribution in [3.63, 3.8) is 0 Å². The summed E-state index contributed by atoms with van der Waals surface area (Å²) in [5.41, 5.74) is 7.62. The molecule has 1 aromatic rings. The minimum atomic E-state index is -0.00856. The van der Waals surface area contributed by atoms with Gasteiger partial charge in [0.1, 0.15) is 6.61 Å². The van der Waals surface area contributed by atoms with Gasteiger partial charge in [0.15, 0.2) is 0 Å². The van der Waals surface area contributed by atoms with Crippen molar-refractivity contribution >= 4 is 11.6 Å². The maximum absolute atomic E-state index is 12.2. The summed E-state index contributed by atoms with van der Waals surface area (Å²) < 4.78 is 5.33. The van der Waals surface area contributed by atoms with Crippen LogP contribution in [0, 0.1) is 6.92 Å². The van der Waals surface area contributed by atoms with E-state index in [1.165, 1.54) is 5.56 Å². The Bertz CT molecular complexity index is 376. The number of ether oxygens (including phenoxy) is 1. The highest BCUT2D eigenvalue weighted by Gasteiger charge is 2.15. The van der Waals surface area contributed by atoms with Gasteiger partial charge in [-0.2, -0.15) is 0 Å². The molecule has 106 valence electrons. The Balaban J connectivity index is 2.70. The lowest BCUT2D eigenvalue weighted by Gasteiger charge is -2.22. The number of benzene rings is 1. The molecule has 1 amide bonds. The first-order valence-electron chi connectivity index (χ1n) is 6.84. The molecule has 0 heterocycles. The van der Waals surface area contributed by atoms with E-state index in [4.69, 9.17) is 10.5 Å². The number of hydrogen-bond acceptors (Lipinski definition) is 3. The van der Waals surface area contributed by atoms with Gasteiger partial charge in [0.25, 0.3) is 5.91 Å². The number of amides is 1. The number of carbonyl (C=O) groups is 1. The van der Waals surface area contributed by atoms with Crippen molar-refractivity contribution in [2.75, 3.05) is 31.2 Å². The van der Waals surface area contributed by atoms with Crippen molar-refractivity contribution in [3.05, 3.63) is 29.8 Å². The van der Waals surface area contributed by atoms with E-state index < -0.39 is 0 Å². The van der Waals surface area contributed by atoms with Gasteiger partial charge in [-0.15, -0.1) is 0 Å². The summed E-state index contributed by atoms with van der Waals surface area (Å²) in [6.07, 6.45) is 1.70. The molecule has 19 heavy (non-hydrogen) atoms. The molecule has 0 aliphatic rings. The molecule has 0 atom stereocenters. The molecular formula is C15H24N2O2. The van der Waals surface area contributed by atoms with Gasteiger partial charge in [0, 0.05) is 18.8 Å². The van der Waals surface area contributed by atoms with E-state index in [0.717, 1.165) is 18.5 Å². The fraction of sp³-hybridized carbons (Fsp3) is 0.533. The van der Waals surface area contributed by atoms with Crippen LogP contribution in [0.4, 0.5) is 5.69 Å². The third-order valence-corrected chi connectivity index (χ3v) is 2.81. The number of nitrogens with zero attached hydrogens (tertiary/aromatic N) is 1. The van der Waals surface area contributed by atoms with Crippen LogP contribution < -0.4 is 10.6 Å². The smallest absolute Gasteiger partial charge is 0.252 e. The van der Waals surface area contributed by atoms with Gasteiger partial charge in [-0.1, -0.05) is 24.6 Å². The molecule has 0 radical (unpaired) electrons. The van der Waals surface area contributed by atoms with E-state index in [1.54, 1.807) is 4.90 Å².